The molecule has 6 heteroatoms. The highest BCUT2D eigenvalue weighted by molar-refractivity contribution is 6.33. The molecule has 0 radical (unpaired) electrons. The Labute approximate surface area is 152 Å². The second kappa shape index (κ2) is 9.81. The number of nitrogens with one attached hydrogen (secondary N) is 3. The SMILES string of the molecule is CNCCNC(=O)CC(NC(=O)c1ccccc1Cl)c1ccccc1. The maximum absolute atomic E-state index is 12.6. The molecule has 2 aromatic rings. The third-order valence-corrected chi connectivity index (χ3v) is 4.04. The first-order chi connectivity index (χ1) is 12.1. The van der Waals surface area contributed by atoms with Crippen LogP contribution in [0.4, 0.5) is 0 Å². The number of halogens is 1. The molecule has 2 amide bonds. The number of rotatable bonds is 8. The first-order valence-corrected chi connectivity index (χ1v) is 8.51. The van der Waals surface area contributed by atoms with Crippen LogP contribution in [0.15, 0.2) is 54.6 Å². The highest BCUT2D eigenvalue weighted by Gasteiger charge is 2.20. The minimum absolute atomic E-state index is 0.122. The van der Waals surface area contributed by atoms with E-state index in [2.05, 4.69) is 16.0 Å². The van der Waals surface area contributed by atoms with Crippen molar-refractivity contribution in [3.63, 3.8) is 0 Å². The predicted octanol–water partition coefficient (Wildman–Crippen LogP) is 2.54. The average Bonchev–Trinajstić information content (AvgIpc) is 2.62. The molecule has 0 aliphatic heterocycles. The third-order valence-electron chi connectivity index (χ3n) is 3.71. The fraction of sp³-hybridized carbons (Fsp3) is 0.263. The molecule has 132 valence electrons. The minimum atomic E-state index is -0.431. The van der Waals surface area contributed by atoms with Gasteiger partial charge in [-0.05, 0) is 24.7 Å². The zero-order valence-corrected chi connectivity index (χ0v) is 14.8. The number of benzene rings is 2. The summed E-state index contributed by atoms with van der Waals surface area (Å²) in [6.45, 7) is 1.23. The van der Waals surface area contributed by atoms with Crippen molar-refractivity contribution < 1.29 is 9.59 Å². The molecule has 3 N–H and O–H groups in total. The summed E-state index contributed by atoms with van der Waals surface area (Å²) in [4.78, 5) is 24.7. The van der Waals surface area contributed by atoms with Crippen LogP contribution in [-0.4, -0.2) is 32.0 Å². The van der Waals surface area contributed by atoms with E-state index in [1.165, 1.54) is 0 Å². The minimum Gasteiger partial charge on any atom is -0.355 e. The highest BCUT2D eigenvalue weighted by Crippen LogP contribution is 2.20. The van der Waals surface area contributed by atoms with Gasteiger partial charge in [0.05, 0.1) is 23.0 Å². The fourth-order valence-electron chi connectivity index (χ4n) is 2.40. The summed E-state index contributed by atoms with van der Waals surface area (Å²) in [5.74, 6) is -0.425. The number of hydrogen-bond acceptors (Lipinski definition) is 3. The van der Waals surface area contributed by atoms with Crippen LogP contribution < -0.4 is 16.0 Å². The van der Waals surface area contributed by atoms with Crippen LogP contribution in [0.5, 0.6) is 0 Å². The van der Waals surface area contributed by atoms with Crippen LogP contribution in [0, 0.1) is 0 Å². The Balaban J connectivity index is 2.11. The van der Waals surface area contributed by atoms with Crippen molar-refractivity contribution in [3.8, 4) is 0 Å². The molecular weight excluding hydrogens is 338 g/mol. The summed E-state index contributed by atoms with van der Waals surface area (Å²) in [5, 5.41) is 9.09. The van der Waals surface area contributed by atoms with E-state index >= 15 is 0 Å². The quantitative estimate of drug-likeness (QED) is 0.634. The van der Waals surface area contributed by atoms with Gasteiger partial charge in [0.1, 0.15) is 0 Å². The largest absolute Gasteiger partial charge is 0.355 e. The van der Waals surface area contributed by atoms with Gasteiger partial charge < -0.3 is 16.0 Å². The van der Waals surface area contributed by atoms with E-state index in [0.717, 1.165) is 5.56 Å². The van der Waals surface area contributed by atoms with Gasteiger partial charge >= 0.3 is 0 Å². The van der Waals surface area contributed by atoms with Crippen molar-refractivity contribution in [1.82, 2.24) is 16.0 Å². The van der Waals surface area contributed by atoms with Gasteiger partial charge in [-0.1, -0.05) is 54.1 Å². The third kappa shape index (κ3) is 5.89. The Hall–Kier alpha value is -2.37. The standard InChI is InChI=1S/C19H22ClN3O2/c1-21-11-12-22-18(24)13-17(14-7-3-2-4-8-14)23-19(25)15-9-5-6-10-16(15)20/h2-10,17,21H,11-13H2,1H3,(H,22,24)(H,23,25). The van der Waals surface area contributed by atoms with Crippen molar-refractivity contribution in [3.05, 3.63) is 70.7 Å². The van der Waals surface area contributed by atoms with Gasteiger partial charge in [-0.25, -0.2) is 0 Å². The van der Waals surface area contributed by atoms with Gasteiger partial charge in [0, 0.05) is 13.1 Å². The van der Waals surface area contributed by atoms with Crippen molar-refractivity contribution in [2.24, 2.45) is 0 Å². The molecule has 0 aromatic heterocycles. The first-order valence-electron chi connectivity index (χ1n) is 8.13. The summed E-state index contributed by atoms with van der Waals surface area (Å²) in [6.07, 6.45) is 0.157. The second-order valence-electron chi connectivity index (χ2n) is 5.57. The molecular formula is C19H22ClN3O2. The van der Waals surface area contributed by atoms with Gasteiger partial charge in [0.2, 0.25) is 5.91 Å². The molecule has 25 heavy (non-hydrogen) atoms. The molecule has 0 heterocycles. The highest BCUT2D eigenvalue weighted by atomic mass is 35.5. The van der Waals surface area contributed by atoms with E-state index < -0.39 is 6.04 Å². The van der Waals surface area contributed by atoms with Gasteiger partial charge in [-0.2, -0.15) is 0 Å². The Morgan fingerprint density at radius 1 is 1.00 bits per heavy atom. The Kier molecular flexibility index (Phi) is 7.44. The number of carbonyl (C=O) groups excluding carboxylic acids is 2. The van der Waals surface area contributed by atoms with Gasteiger partial charge in [-0.15, -0.1) is 0 Å². The lowest BCUT2D eigenvalue weighted by Gasteiger charge is -2.19. The lowest BCUT2D eigenvalue weighted by atomic mass is 10.0. The van der Waals surface area contributed by atoms with Crippen LogP contribution >= 0.6 is 11.6 Å². The van der Waals surface area contributed by atoms with Crippen LogP contribution in [0.2, 0.25) is 5.02 Å². The Morgan fingerprint density at radius 3 is 2.36 bits per heavy atom. The smallest absolute Gasteiger partial charge is 0.253 e. The molecule has 0 aliphatic rings. The second-order valence-corrected chi connectivity index (χ2v) is 5.98. The summed E-state index contributed by atoms with van der Waals surface area (Å²) in [6, 6.07) is 15.8. The maximum Gasteiger partial charge on any atom is 0.253 e. The van der Waals surface area contributed by atoms with E-state index in [9.17, 15) is 9.59 Å². The van der Waals surface area contributed by atoms with E-state index in [4.69, 9.17) is 11.6 Å². The summed E-state index contributed by atoms with van der Waals surface area (Å²) in [5.41, 5.74) is 1.26. The number of hydrogen-bond donors (Lipinski definition) is 3. The molecule has 2 aromatic carbocycles. The van der Waals surface area contributed by atoms with Gasteiger partial charge in [0.15, 0.2) is 0 Å². The van der Waals surface area contributed by atoms with E-state index in [1.807, 2.05) is 37.4 Å². The van der Waals surface area contributed by atoms with Gasteiger partial charge in [-0.3, -0.25) is 9.59 Å². The number of likely N-dealkylation sites (N-methyl/N-ethyl adjacent to an activating group) is 1. The molecule has 1 unspecified atom stereocenters. The van der Waals surface area contributed by atoms with Crippen molar-refractivity contribution in [2.45, 2.75) is 12.5 Å². The normalized spacial score (nSPS) is 11.6. The van der Waals surface area contributed by atoms with Gasteiger partial charge in [0.25, 0.3) is 5.91 Å². The first kappa shape index (κ1) is 19.0. The van der Waals surface area contributed by atoms with Crippen LogP contribution in [0.3, 0.4) is 0 Å². The van der Waals surface area contributed by atoms with E-state index in [0.29, 0.717) is 23.7 Å². The van der Waals surface area contributed by atoms with Crippen LogP contribution in [-0.2, 0) is 4.79 Å². The Morgan fingerprint density at radius 2 is 1.68 bits per heavy atom. The zero-order valence-electron chi connectivity index (χ0n) is 14.1. The molecule has 0 spiro atoms. The monoisotopic (exact) mass is 359 g/mol. The number of carbonyl (C=O) groups is 2. The molecule has 0 fully saturated rings. The molecule has 0 bridgehead atoms. The Bertz CT molecular complexity index is 707. The number of amides is 2. The van der Waals surface area contributed by atoms with Crippen molar-refractivity contribution in [2.75, 3.05) is 20.1 Å². The zero-order chi connectivity index (χ0) is 18.1. The summed E-state index contributed by atoms with van der Waals surface area (Å²) >= 11 is 6.09. The summed E-state index contributed by atoms with van der Waals surface area (Å²) < 4.78 is 0. The molecule has 5 nitrogen and oxygen atoms in total. The molecule has 0 aliphatic carbocycles. The average molecular weight is 360 g/mol. The molecule has 1 atom stereocenters. The molecule has 2 rings (SSSR count). The molecule has 0 saturated carbocycles. The summed E-state index contributed by atoms with van der Waals surface area (Å²) in [7, 11) is 1.82. The van der Waals surface area contributed by atoms with Crippen LogP contribution in [0.25, 0.3) is 0 Å². The van der Waals surface area contributed by atoms with Crippen molar-refractivity contribution >= 4 is 23.4 Å². The lowest BCUT2D eigenvalue weighted by molar-refractivity contribution is -0.121. The van der Waals surface area contributed by atoms with Crippen LogP contribution in [0.1, 0.15) is 28.4 Å². The van der Waals surface area contributed by atoms with E-state index in [1.54, 1.807) is 24.3 Å². The maximum atomic E-state index is 12.6. The predicted molar refractivity (Wildman–Crippen MR) is 99.7 cm³/mol. The molecule has 0 saturated heterocycles. The lowest BCUT2D eigenvalue weighted by Crippen LogP contribution is -2.36. The topological polar surface area (TPSA) is 70.2 Å². The van der Waals surface area contributed by atoms with E-state index in [-0.39, 0.29) is 18.2 Å². The van der Waals surface area contributed by atoms with Crippen molar-refractivity contribution in [1.29, 1.82) is 0 Å². The fourth-order valence-corrected chi connectivity index (χ4v) is 2.62.